The van der Waals surface area contributed by atoms with Crippen LogP contribution in [0, 0.1) is 0 Å². The molecule has 0 unspecified atom stereocenters. The van der Waals surface area contributed by atoms with Crippen LogP contribution in [0.4, 0.5) is 5.69 Å². The van der Waals surface area contributed by atoms with Crippen LogP contribution in [0.2, 0.25) is 5.02 Å². The van der Waals surface area contributed by atoms with Gasteiger partial charge in [0.15, 0.2) is 0 Å². The van der Waals surface area contributed by atoms with Gasteiger partial charge in [-0.15, -0.1) is 0 Å². The summed E-state index contributed by atoms with van der Waals surface area (Å²) >= 11 is 6.26. The lowest BCUT2D eigenvalue weighted by atomic mass is 10.0. The fourth-order valence-electron chi connectivity index (χ4n) is 2.61. The van der Waals surface area contributed by atoms with Crippen LogP contribution in [0.5, 0.6) is 0 Å². The number of nitrogens with zero attached hydrogens (tertiary/aromatic N) is 1. The maximum absolute atomic E-state index is 12.3. The lowest BCUT2D eigenvalue weighted by Gasteiger charge is -2.26. The second kappa shape index (κ2) is 7.78. The van der Waals surface area contributed by atoms with Crippen LogP contribution >= 0.6 is 11.6 Å². The number of nitrogens with one attached hydrogen (secondary N) is 1. The molecule has 5 heteroatoms. The zero-order chi connectivity index (χ0) is 15.2. The van der Waals surface area contributed by atoms with Crippen molar-refractivity contribution in [3.63, 3.8) is 0 Å². The molecule has 21 heavy (non-hydrogen) atoms. The van der Waals surface area contributed by atoms with E-state index in [9.17, 15) is 4.79 Å². The number of morpholine rings is 1. The Morgan fingerprint density at radius 2 is 2.00 bits per heavy atom. The van der Waals surface area contributed by atoms with Crippen LogP contribution in [-0.4, -0.2) is 43.7 Å². The molecule has 0 spiro atoms. The summed E-state index contributed by atoms with van der Waals surface area (Å²) in [5, 5.41) is 3.78. The molecule has 1 N–H and O–H groups in total. The van der Waals surface area contributed by atoms with E-state index < -0.39 is 0 Å². The Hall–Kier alpha value is -1.10. The van der Waals surface area contributed by atoms with Gasteiger partial charge in [0.1, 0.15) is 0 Å². The quantitative estimate of drug-likeness (QED) is 0.909. The first kappa shape index (κ1) is 16.3. The van der Waals surface area contributed by atoms with Crippen molar-refractivity contribution in [2.24, 2.45) is 0 Å². The van der Waals surface area contributed by atoms with Crippen LogP contribution in [0.15, 0.2) is 12.1 Å². The molecule has 0 bridgehead atoms. The summed E-state index contributed by atoms with van der Waals surface area (Å²) in [6.45, 7) is 7.56. The monoisotopic (exact) mass is 310 g/mol. The zero-order valence-electron chi connectivity index (χ0n) is 12.7. The normalized spacial score (nSPS) is 16.0. The molecule has 1 aromatic carbocycles. The van der Waals surface area contributed by atoms with Crippen molar-refractivity contribution < 1.29 is 9.53 Å². The molecule has 4 nitrogen and oxygen atoms in total. The van der Waals surface area contributed by atoms with E-state index in [0.717, 1.165) is 47.8 Å². The Labute approximate surface area is 131 Å². The van der Waals surface area contributed by atoms with Gasteiger partial charge in [0.2, 0.25) is 5.91 Å². The molecule has 0 atom stereocenters. The predicted octanol–water partition coefficient (Wildman–Crippen LogP) is 2.74. The molecule has 0 saturated carbocycles. The Balaban J connectivity index is 2.10. The Morgan fingerprint density at radius 1 is 1.29 bits per heavy atom. The van der Waals surface area contributed by atoms with E-state index in [1.54, 1.807) is 0 Å². The fourth-order valence-corrected chi connectivity index (χ4v) is 2.90. The molecule has 1 amide bonds. The average molecular weight is 311 g/mol. The second-order valence-corrected chi connectivity index (χ2v) is 5.61. The molecule has 2 rings (SSSR count). The first-order chi connectivity index (χ1) is 10.2. The van der Waals surface area contributed by atoms with Crippen LogP contribution in [-0.2, 0) is 22.4 Å². The smallest absolute Gasteiger partial charge is 0.238 e. The molecule has 1 aromatic rings. The van der Waals surface area contributed by atoms with Crippen molar-refractivity contribution in [2.75, 3.05) is 38.2 Å². The zero-order valence-corrected chi connectivity index (χ0v) is 13.5. The van der Waals surface area contributed by atoms with E-state index in [1.165, 1.54) is 0 Å². The van der Waals surface area contributed by atoms with E-state index >= 15 is 0 Å². The van der Waals surface area contributed by atoms with Crippen molar-refractivity contribution in [3.8, 4) is 0 Å². The van der Waals surface area contributed by atoms with Gasteiger partial charge < -0.3 is 10.1 Å². The topological polar surface area (TPSA) is 41.6 Å². The largest absolute Gasteiger partial charge is 0.379 e. The van der Waals surface area contributed by atoms with Crippen molar-refractivity contribution in [3.05, 3.63) is 28.3 Å². The average Bonchev–Trinajstić information content (AvgIpc) is 2.49. The second-order valence-electron chi connectivity index (χ2n) is 5.20. The van der Waals surface area contributed by atoms with E-state index in [2.05, 4.69) is 24.1 Å². The highest BCUT2D eigenvalue weighted by Crippen LogP contribution is 2.29. The van der Waals surface area contributed by atoms with Gasteiger partial charge in [-0.05, 0) is 30.0 Å². The van der Waals surface area contributed by atoms with Crippen LogP contribution in [0.3, 0.4) is 0 Å². The standard InChI is InChI=1S/C16H23ClN2O2/c1-3-12-5-6-14(17)13(4-2)16(12)18-15(20)11-19-7-9-21-10-8-19/h5-6H,3-4,7-11H2,1-2H3,(H,18,20). The van der Waals surface area contributed by atoms with E-state index in [4.69, 9.17) is 16.3 Å². The number of aryl methyl sites for hydroxylation is 1. The number of ether oxygens (including phenoxy) is 1. The predicted molar refractivity (Wildman–Crippen MR) is 86.1 cm³/mol. The number of carbonyl (C=O) groups is 1. The van der Waals surface area contributed by atoms with Gasteiger partial charge in [0, 0.05) is 23.8 Å². The van der Waals surface area contributed by atoms with E-state index in [-0.39, 0.29) is 5.91 Å². The summed E-state index contributed by atoms with van der Waals surface area (Å²) in [4.78, 5) is 14.4. The summed E-state index contributed by atoms with van der Waals surface area (Å²) in [7, 11) is 0. The van der Waals surface area contributed by atoms with Crippen molar-refractivity contribution >= 4 is 23.2 Å². The van der Waals surface area contributed by atoms with Crippen molar-refractivity contribution in [1.82, 2.24) is 4.90 Å². The number of benzene rings is 1. The minimum Gasteiger partial charge on any atom is -0.379 e. The molecule has 1 heterocycles. The van der Waals surface area contributed by atoms with Crippen LogP contribution < -0.4 is 5.32 Å². The molecule has 1 saturated heterocycles. The molecule has 116 valence electrons. The summed E-state index contributed by atoms with van der Waals surface area (Å²) < 4.78 is 5.30. The lowest BCUT2D eigenvalue weighted by molar-refractivity contribution is -0.118. The highest BCUT2D eigenvalue weighted by Gasteiger charge is 2.17. The number of anilines is 1. The summed E-state index contributed by atoms with van der Waals surface area (Å²) in [6.07, 6.45) is 1.68. The molecular weight excluding hydrogens is 288 g/mol. The molecular formula is C16H23ClN2O2. The Bertz CT molecular complexity index is 499. The van der Waals surface area contributed by atoms with Crippen molar-refractivity contribution in [1.29, 1.82) is 0 Å². The van der Waals surface area contributed by atoms with Gasteiger partial charge in [0.05, 0.1) is 19.8 Å². The molecule has 1 aliphatic heterocycles. The third-order valence-corrected chi connectivity index (χ3v) is 4.17. The summed E-state index contributed by atoms with van der Waals surface area (Å²) in [6, 6.07) is 3.91. The number of halogens is 1. The SMILES string of the molecule is CCc1ccc(Cl)c(CC)c1NC(=O)CN1CCOCC1. The molecule has 1 aliphatic rings. The highest BCUT2D eigenvalue weighted by molar-refractivity contribution is 6.32. The molecule has 0 radical (unpaired) electrons. The van der Waals surface area contributed by atoms with Gasteiger partial charge in [0.25, 0.3) is 0 Å². The summed E-state index contributed by atoms with van der Waals surface area (Å²) in [5.41, 5.74) is 3.05. The minimum absolute atomic E-state index is 0.0172. The first-order valence-electron chi connectivity index (χ1n) is 7.55. The van der Waals surface area contributed by atoms with Crippen LogP contribution in [0.1, 0.15) is 25.0 Å². The first-order valence-corrected chi connectivity index (χ1v) is 7.93. The maximum Gasteiger partial charge on any atom is 0.238 e. The Kier molecular flexibility index (Phi) is 6.03. The van der Waals surface area contributed by atoms with Gasteiger partial charge in [-0.1, -0.05) is 31.5 Å². The van der Waals surface area contributed by atoms with Crippen molar-refractivity contribution in [2.45, 2.75) is 26.7 Å². The van der Waals surface area contributed by atoms with Crippen LogP contribution in [0.25, 0.3) is 0 Å². The number of hydrogen-bond acceptors (Lipinski definition) is 3. The van der Waals surface area contributed by atoms with Gasteiger partial charge in [-0.3, -0.25) is 9.69 Å². The van der Waals surface area contributed by atoms with E-state index in [1.807, 2.05) is 12.1 Å². The fraction of sp³-hybridized carbons (Fsp3) is 0.562. The third kappa shape index (κ3) is 4.19. The molecule has 0 aliphatic carbocycles. The summed E-state index contributed by atoms with van der Waals surface area (Å²) in [5.74, 6) is 0.0172. The third-order valence-electron chi connectivity index (χ3n) is 3.81. The molecule has 1 fully saturated rings. The van der Waals surface area contributed by atoms with Gasteiger partial charge >= 0.3 is 0 Å². The number of carbonyl (C=O) groups excluding carboxylic acids is 1. The van der Waals surface area contributed by atoms with Gasteiger partial charge in [-0.25, -0.2) is 0 Å². The minimum atomic E-state index is 0.0172. The highest BCUT2D eigenvalue weighted by atomic mass is 35.5. The Morgan fingerprint density at radius 3 is 2.62 bits per heavy atom. The van der Waals surface area contributed by atoms with Gasteiger partial charge in [-0.2, -0.15) is 0 Å². The number of hydrogen-bond donors (Lipinski definition) is 1. The molecule has 0 aromatic heterocycles. The number of amides is 1. The van der Waals surface area contributed by atoms with E-state index in [0.29, 0.717) is 19.8 Å². The number of rotatable bonds is 5. The lowest BCUT2D eigenvalue weighted by Crippen LogP contribution is -2.41. The maximum atomic E-state index is 12.3.